The van der Waals surface area contributed by atoms with Crippen molar-refractivity contribution in [3.63, 3.8) is 0 Å². The molecule has 0 radical (unpaired) electrons. The van der Waals surface area contributed by atoms with Gasteiger partial charge in [-0.25, -0.2) is 4.79 Å². The molecule has 3 rings (SSSR count). The molecule has 0 fully saturated rings. The first-order chi connectivity index (χ1) is 13.1. The van der Waals surface area contributed by atoms with E-state index in [2.05, 4.69) is 4.98 Å². The second-order valence-electron chi connectivity index (χ2n) is 6.06. The molecule has 0 saturated heterocycles. The average Bonchev–Trinajstić information content (AvgIpc) is 2.67. The van der Waals surface area contributed by atoms with Gasteiger partial charge in [-0.15, -0.1) is 0 Å². The van der Waals surface area contributed by atoms with E-state index in [4.69, 9.17) is 9.47 Å². The van der Waals surface area contributed by atoms with Gasteiger partial charge in [0.1, 0.15) is 17.9 Å². The largest absolute Gasteiger partial charge is 0.488 e. The quantitative estimate of drug-likeness (QED) is 0.669. The number of rotatable bonds is 6. The molecule has 0 aliphatic heterocycles. The fourth-order valence-corrected chi connectivity index (χ4v) is 2.84. The summed E-state index contributed by atoms with van der Waals surface area (Å²) in [5.74, 6) is 0.0386. The van der Waals surface area contributed by atoms with E-state index in [1.54, 1.807) is 19.9 Å². The summed E-state index contributed by atoms with van der Waals surface area (Å²) in [5, 5.41) is 0. The van der Waals surface area contributed by atoms with Crippen molar-refractivity contribution in [1.82, 2.24) is 4.98 Å². The minimum Gasteiger partial charge on any atom is -0.488 e. The van der Waals surface area contributed by atoms with Gasteiger partial charge in [0.15, 0.2) is 0 Å². The molecule has 138 valence electrons. The van der Waals surface area contributed by atoms with Crippen molar-refractivity contribution in [2.75, 3.05) is 6.61 Å². The molecular formula is C22H21NO4. The van der Waals surface area contributed by atoms with Crippen LogP contribution < -0.4 is 10.3 Å². The predicted octanol–water partition coefficient (Wildman–Crippen LogP) is 4.11. The van der Waals surface area contributed by atoms with Crippen LogP contribution in [0.3, 0.4) is 0 Å². The number of aryl methyl sites for hydroxylation is 1. The van der Waals surface area contributed by atoms with Crippen LogP contribution in [0.5, 0.6) is 5.75 Å². The summed E-state index contributed by atoms with van der Waals surface area (Å²) in [5.41, 5.74) is 2.52. The van der Waals surface area contributed by atoms with Crippen molar-refractivity contribution in [1.29, 1.82) is 0 Å². The van der Waals surface area contributed by atoms with Crippen LogP contribution in [0.25, 0.3) is 11.3 Å². The minimum absolute atomic E-state index is 0.0308. The third-order valence-electron chi connectivity index (χ3n) is 4.12. The molecule has 3 aromatic rings. The maximum atomic E-state index is 12.4. The number of nitrogens with one attached hydrogen (secondary N) is 1. The zero-order chi connectivity index (χ0) is 19.2. The van der Waals surface area contributed by atoms with Gasteiger partial charge in [0.25, 0.3) is 5.56 Å². The lowest BCUT2D eigenvalue weighted by Gasteiger charge is -2.13. The van der Waals surface area contributed by atoms with Crippen LogP contribution in [-0.4, -0.2) is 17.6 Å². The first-order valence-corrected chi connectivity index (χ1v) is 8.77. The lowest BCUT2D eigenvalue weighted by molar-refractivity contribution is 0.0523. The number of aromatic nitrogens is 1. The molecule has 0 aliphatic rings. The van der Waals surface area contributed by atoms with E-state index >= 15 is 0 Å². The van der Waals surface area contributed by atoms with Gasteiger partial charge in [0, 0.05) is 5.56 Å². The van der Waals surface area contributed by atoms with Crippen LogP contribution >= 0.6 is 0 Å². The van der Waals surface area contributed by atoms with Crippen LogP contribution in [0.2, 0.25) is 0 Å². The predicted molar refractivity (Wildman–Crippen MR) is 104 cm³/mol. The van der Waals surface area contributed by atoms with Gasteiger partial charge in [-0.1, -0.05) is 42.5 Å². The molecule has 0 aliphatic carbocycles. The summed E-state index contributed by atoms with van der Waals surface area (Å²) >= 11 is 0. The van der Waals surface area contributed by atoms with Crippen molar-refractivity contribution in [2.45, 2.75) is 20.5 Å². The number of hydrogen-bond acceptors (Lipinski definition) is 4. The molecule has 2 aromatic carbocycles. The van der Waals surface area contributed by atoms with Crippen LogP contribution in [0, 0.1) is 6.92 Å². The van der Waals surface area contributed by atoms with Crippen molar-refractivity contribution < 1.29 is 14.3 Å². The average molecular weight is 363 g/mol. The number of carbonyl (C=O) groups excluding carboxylic acids is 1. The minimum atomic E-state index is -0.614. The Morgan fingerprint density at radius 2 is 1.74 bits per heavy atom. The Bertz CT molecular complexity index is 993. The Hall–Kier alpha value is -3.34. The third kappa shape index (κ3) is 4.26. The van der Waals surface area contributed by atoms with Crippen LogP contribution in [0.4, 0.5) is 0 Å². The fourth-order valence-electron chi connectivity index (χ4n) is 2.84. The highest BCUT2D eigenvalue weighted by atomic mass is 16.5. The molecule has 27 heavy (non-hydrogen) atoms. The summed E-state index contributed by atoms with van der Waals surface area (Å²) in [7, 11) is 0. The van der Waals surface area contributed by atoms with E-state index in [1.807, 2.05) is 54.6 Å². The van der Waals surface area contributed by atoms with Gasteiger partial charge in [0.05, 0.1) is 12.3 Å². The number of aromatic amines is 1. The lowest BCUT2D eigenvalue weighted by Crippen LogP contribution is -2.22. The highest BCUT2D eigenvalue weighted by molar-refractivity contribution is 5.91. The number of hydrogen-bond donors (Lipinski definition) is 1. The summed E-state index contributed by atoms with van der Waals surface area (Å²) in [6.45, 7) is 4.06. The molecule has 0 bridgehead atoms. The molecule has 0 atom stereocenters. The Labute approximate surface area is 157 Å². The monoisotopic (exact) mass is 363 g/mol. The van der Waals surface area contributed by atoms with E-state index in [1.165, 1.54) is 0 Å². The van der Waals surface area contributed by atoms with E-state index in [0.29, 0.717) is 23.6 Å². The van der Waals surface area contributed by atoms with E-state index in [-0.39, 0.29) is 12.2 Å². The van der Waals surface area contributed by atoms with Crippen LogP contribution in [-0.2, 0) is 11.3 Å². The van der Waals surface area contributed by atoms with E-state index in [9.17, 15) is 9.59 Å². The van der Waals surface area contributed by atoms with E-state index in [0.717, 1.165) is 11.1 Å². The van der Waals surface area contributed by atoms with Gasteiger partial charge >= 0.3 is 5.97 Å². The molecule has 0 saturated carbocycles. The van der Waals surface area contributed by atoms with Crippen molar-refractivity contribution >= 4 is 5.97 Å². The van der Waals surface area contributed by atoms with Gasteiger partial charge in [-0.3, -0.25) is 4.79 Å². The number of H-pyrrole nitrogens is 1. The number of carbonyl (C=O) groups is 1. The van der Waals surface area contributed by atoms with Crippen LogP contribution in [0.15, 0.2) is 65.5 Å². The first-order valence-electron chi connectivity index (χ1n) is 8.77. The standard InChI is InChI=1S/C22H21NO4/c1-3-26-22(25)20-15(2)13-18(23-21(20)24)17-11-7-8-12-19(17)27-14-16-9-5-4-6-10-16/h4-13H,3,14H2,1-2H3,(H,23,24). The van der Waals surface area contributed by atoms with Crippen molar-refractivity contribution in [3.8, 4) is 17.0 Å². The summed E-state index contributed by atoms with van der Waals surface area (Å²) in [6, 6.07) is 19.1. The fraction of sp³-hybridized carbons (Fsp3) is 0.182. The zero-order valence-corrected chi connectivity index (χ0v) is 15.3. The maximum Gasteiger partial charge on any atom is 0.344 e. The molecule has 0 spiro atoms. The van der Waals surface area contributed by atoms with Crippen LogP contribution in [0.1, 0.15) is 28.4 Å². The van der Waals surface area contributed by atoms with E-state index < -0.39 is 11.5 Å². The van der Waals surface area contributed by atoms with Gasteiger partial charge in [0.2, 0.25) is 0 Å². The molecule has 5 nitrogen and oxygen atoms in total. The number of ether oxygens (including phenoxy) is 2. The van der Waals surface area contributed by atoms with Gasteiger partial charge in [-0.2, -0.15) is 0 Å². The normalized spacial score (nSPS) is 10.4. The Morgan fingerprint density at radius 1 is 1.04 bits per heavy atom. The molecule has 1 heterocycles. The lowest BCUT2D eigenvalue weighted by atomic mass is 10.1. The Balaban J connectivity index is 1.93. The molecule has 1 N–H and O–H groups in total. The molecule has 1 aromatic heterocycles. The summed E-state index contributed by atoms with van der Waals surface area (Å²) < 4.78 is 10.9. The smallest absolute Gasteiger partial charge is 0.344 e. The number of esters is 1. The topological polar surface area (TPSA) is 68.4 Å². The zero-order valence-electron chi connectivity index (χ0n) is 15.3. The first kappa shape index (κ1) is 18.5. The molecule has 0 amide bonds. The second kappa shape index (κ2) is 8.36. The van der Waals surface area contributed by atoms with Gasteiger partial charge in [-0.05, 0) is 43.2 Å². The molecule has 0 unspecified atom stereocenters. The highest BCUT2D eigenvalue weighted by Crippen LogP contribution is 2.29. The van der Waals surface area contributed by atoms with Crippen molar-refractivity contribution in [3.05, 3.63) is 87.7 Å². The highest BCUT2D eigenvalue weighted by Gasteiger charge is 2.17. The number of benzene rings is 2. The SMILES string of the molecule is CCOC(=O)c1c(C)cc(-c2ccccc2OCc2ccccc2)[nH]c1=O. The van der Waals surface area contributed by atoms with Gasteiger partial charge < -0.3 is 14.5 Å². The molecule has 5 heteroatoms. The second-order valence-corrected chi connectivity index (χ2v) is 6.06. The maximum absolute atomic E-state index is 12.4. The van der Waals surface area contributed by atoms with Crippen molar-refractivity contribution in [2.24, 2.45) is 0 Å². The Morgan fingerprint density at radius 3 is 2.44 bits per heavy atom. The summed E-state index contributed by atoms with van der Waals surface area (Å²) in [4.78, 5) is 27.2. The summed E-state index contributed by atoms with van der Waals surface area (Å²) in [6.07, 6.45) is 0. The number of pyridine rings is 1. The molecular weight excluding hydrogens is 342 g/mol. The number of para-hydroxylation sites is 1. The third-order valence-corrected chi connectivity index (χ3v) is 4.12. The Kier molecular flexibility index (Phi) is 5.71.